The van der Waals surface area contributed by atoms with Crippen molar-refractivity contribution in [1.29, 1.82) is 0 Å². The van der Waals surface area contributed by atoms with Crippen LogP contribution < -0.4 is 0 Å². The van der Waals surface area contributed by atoms with E-state index in [9.17, 15) is 4.79 Å². The molecule has 0 fully saturated rings. The summed E-state index contributed by atoms with van der Waals surface area (Å²) in [4.78, 5) is 11.5. The molecule has 0 radical (unpaired) electrons. The fourth-order valence-corrected chi connectivity index (χ4v) is 1.62. The molecule has 72 valence electrons. The van der Waals surface area contributed by atoms with Gasteiger partial charge in [-0.25, -0.2) is 4.79 Å². The van der Waals surface area contributed by atoms with E-state index in [4.69, 9.17) is 4.74 Å². The molecular formula is C12H12O2. The van der Waals surface area contributed by atoms with Crippen molar-refractivity contribution in [2.75, 3.05) is 0 Å². The standard InChI is InChI=1S/C12H12O2/c1-8-9(2)14-12(13)11(8)10-6-4-3-5-7-10/h3-7,9H,1-2H3/t9-/m1/s1. The average Bonchev–Trinajstić information content (AvgIpc) is 2.43. The number of hydrogen-bond acceptors (Lipinski definition) is 2. The maximum Gasteiger partial charge on any atom is 0.339 e. The number of esters is 1. The molecule has 0 aliphatic carbocycles. The van der Waals surface area contributed by atoms with Crippen LogP contribution in [0.2, 0.25) is 0 Å². The maximum absolute atomic E-state index is 11.5. The topological polar surface area (TPSA) is 26.3 Å². The van der Waals surface area contributed by atoms with Gasteiger partial charge in [0.1, 0.15) is 6.10 Å². The highest BCUT2D eigenvalue weighted by Gasteiger charge is 2.28. The van der Waals surface area contributed by atoms with Crippen molar-refractivity contribution in [3.8, 4) is 0 Å². The molecule has 1 aliphatic heterocycles. The summed E-state index contributed by atoms with van der Waals surface area (Å²) in [6, 6.07) is 9.64. The Hall–Kier alpha value is -1.57. The van der Waals surface area contributed by atoms with E-state index in [2.05, 4.69) is 0 Å². The van der Waals surface area contributed by atoms with Gasteiger partial charge in [-0.05, 0) is 25.0 Å². The Kier molecular flexibility index (Phi) is 2.12. The van der Waals surface area contributed by atoms with Crippen LogP contribution in [0.15, 0.2) is 35.9 Å². The van der Waals surface area contributed by atoms with Crippen molar-refractivity contribution in [1.82, 2.24) is 0 Å². The average molecular weight is 188 g/mol. The van der Waals surface area contributed by atoms with Gasteiger partial charge in [0, 0.05) is 0 Å². The molecule has 0 saturated heterocycles. The van der Waals surface area contributed by atoms with E-state index in [1.165, 1.54) is 0 Å². The zero-order valence-electron chi connectivity index (χ0n) is 8.28. The van der Waals surface area contributed by atoms with E-state index in [1.54, 1.807) is 0 Å². The predicted octanol–water partition coefficient (Wildman–Crippen LogP) is 2.41. The SMILES string of the molecule is CC1=C(c2ccccc2)C(=O)O[C@@H]1C. The van der Waals surface area contributed by atoms with Crippen LogP contribution in [0.4, 0.5) is 0 Å². The molecule has 2 heteroatoms. The number of benzene rings is 1. The summed E-state index contributed by atoms with van der Waals surface area (Å²) in [5.41, 5.74) is 2.68. The van der Waals surface area contributed by atoms with Gasteiger partial charge in [-0.1, -0.05) is 30.3 Å². The zero-order valence-corrected chi connectivity index (χ0v) is 8.28. The third kappa shape index (κ3) is 1.33. The fraction of sp³-hybridized carbons (Fsp3) is 0.250. The smallest absolute Gasteiger partial charge is 0.339 e. The number of cyclic esters (lactones) is 1. The van der Waals surface area contributed by atoms with Gasteiger partial charge in [0.05, 0.1) is 5.57 Å². The van der Waals surface area contributed by atoms with E-state index >= 15 is 0 Å². The third-order valence-electron chi connectivity index (χ3n) is 2.55. The van der Waals surface area contributed by atoms with Crippen LogP contribution in [0.5, 0.6) is 0 Å². The molecule has 2 rings (SSSR count). The molecule has 14 heavy (non-hydrogen) atoms. The molecule has 1 aromatic carbocycles. The van der Waals surface area contributed by atoms with Crippen LogP contribution in [0.1, 0.15) is 19.4 Å². The summed E-state index contributed by atoms with van der Waals surface area (Å²) in [6.07, 6.45) is -0.0855. The molecule has 0 saturated carbocycles. The van der Waals surface area contributed by atoms with Gasteiger partial charge in [0.2, 0.25) is 0 Å². The minimum absolute atomic E-state index is 0.0855. The number of carbonyl (C=O) groups excluding carboxylic acids is 1. The first-order chi connectivity index (χ1) is 6.70. The van der Waals surface area contributed by atoms with Crippen molar-refractivity contribution in [3.63, 3.8) is 0 Å². The molecule has 0 bridgehead atoms. The molecule has 1 aromatic rings. The van der Waals surface area contributed by atoms with Crippen LogP contribution in [0.3, 0.4) is 0 Å². The van der Waals surface area contributed by atoms with Crippen LogP contribution in [-0.2, 0) is 9.53 Å². The Morgan fingerprint density at radius 1 is 1.21 bits per heavy atom. The lowest BCUT2D eigenvalue weighted by atomic mass is 10.0. The highest BCUT2D eigenvalue weighted by Crippen LogP contribution is 2.29. The lowest BCUT2D eigenvalue weighted by molar-refractivity contribution is -0.137. The first-order valence-electron chi connectivity index (χ1n) is 4.67. The summed E-state index contributed by atoms with van der Waals surface area (Å²) in [6.45, 7) is 3.83. The molecule has 0 N–H and O–H groups in total. The molecule has 1 atom stereocenters. The molecule has 0 spiro atoms. The van der Waals surface area contributed by atoms with Crippen molar-refractivity contribution in [2.45, 2.75) is 20.0 Å². The molecule has 1 heterocycles. The molecule has 0 amide bonds. The van der Waals surface area contributed by atoms with Crippen LogP contribution in [-0.4, -0.2) is 12.1 Å². The van der Waals surface area contributed by atoms with E-state index in [1.807, 2.05) is 44.2 Å². The molecule has 2 nitrogen and oxygen atoms in total. The van der Waals surface area contributed by atoms with Crippen molar-refractivity contribution in [2.24, 2.45) is 0 Å². The maximum atomic E-state index is 11.5. The normalized spacial score (nSPS) is 21.3. The van der Waals surface area contributed by atoms with E-state index < -0.39 is 0 Å². The van der Waals surface area contributed by atoms with Gasteiger partial charge in [-0.3, -0.25) is 0 Å². The summed E-state index contributed by atoms with van der Waals surface area (Å²) in [5.74, 6) is -0.207. The first-order valence-corrected chi connectivity index (χ1v) is 4.67. The van der Waals surface area contributed by atoms with Gasteiger partial charge in [-0.2, -0.15) is 0 Å². The monoisotopic (exact) mass is 188 g/mol. The Labute approximate surface area is 83.2 Å². The van der Waals surface area contributed by atoms with Gasteiger partial charge in [-0.15, -0.1) is 0 Å². The van der Waals surface area contributed by atoms with Crippen LogP contribution in [0.25, 0.3) is 5.57 Å². The second-order valence-electron chi connectivity index (χ2n) is 3.47. The number of rotatable bonds is 1. The highest BCUT2D eigenvalue weighted by molar-refractivity contribution is 6.19. The predicted molar refractivity (Wildman–Crippen MR) is 54.6 cm³/mol. The highest BCUT2D eigenvalue weighted by atomic mass is 16.5. The van der Waals surface area contributed by atoms with Crippen molar-refractivity contribution < 1.29 is 9.53 Å². The van der Waals surface area contributed by atoms with E-state index in [0.29, 0.717) is 0 Å². The Bertz CT molecular complexity index is 390. The minimum atomic E-state index is -0.207. The summed E-state index contributed by atoms with van der Waals surface area (Å²) >= 11 is 0. The van der Waals surface area contributed by atoms with Gasteiger partial charge in [0.15, 0.2) is 0 Å². The number of hydrogen-bond donors (Lipinski definition) is 0. The quantitative estimate of drug-likeness (QED) is 0.632. The number of ether oxygens (including phenoxy) is 1. The summed E-state index contributed by atoms with van der Waals surface area (Å²) < 4.78 is 5.13. The molecule has 1 aliphatic rings. The Balaban J connectivity index is 2.49. The second kappa shape index (κ2) is 3.29. The van der Waals surface area contributed by atoms with Gasteiger partial charge < -0.3 is 4.74 Å². The largest absolute Gasteiger partial charge is 0.455 e. The lowest BCUT2D eigenvalue weighted by Crippen LogP contribution is -2.04. The third-order valence-corrected chi connectivity index (χ3v) is 2.55. The van der Waals surface area contributed by atoms with Crippen LogP contribution in [0, 0.1) is 0 Å². The van der Waals surface area contributed by atoms with Crippen LogP contribution >= 0.6 is 0 Å². The molecule has 0 aromatic heterocycles. The lowest BCUT2D eigenvalue weighted by Gasteiger charge is -2.00. The summed E-state index contributed by atoms with van der Waals surface area (Å²) in [7, 11) is 0. The Morgan fingerprint density at radius 3 is 2.36 bits per heavy atom. The second-order valence-corrected chi connectivity index (χ2v) is 3.47. The van der Waals surface area contributed by atoms with E-state index in [0.717, 1.165) is 16.7 Å². The first kappa shape index (κ1) is 9.00. The van der Waals surface area contributed by atoms with Crippen molar-refractivity contribution >= 4 is 11.5 Å². The summed E-state index contributed by atoms with van der Waals surface area (Å²) in [5, 5.41) is 0. The molecule has 0 unspecified atom stereocenters. The zero-order chi connectivity index (χ0) is 10.1. The minimum Gasteiger partial charge on any atom is -0.455 e. The van der Waals surface area contributed by atoms with Crippen molar-refractivity contribution in [3.05, 3.63) is 41.5 Å². The van der Waals surface area contributed by atoms with Gasteiger partial charge in [0.25, 0.3) is 0 Å². The van der Waals surface area contributed by atoms with E-state index in [-0.39, 0.29) is 12.1 Å². The Morgan fingerprint density at radius 2 is 1.86 bits per heavy atom. The number of carbonyl (C=O) groups is 1. The fourth-order valence-electron chi connectivity index (χ4n) is 1.62. The molecular weight excluding hydrogens is 176 g/mol. The van der Waals surface area contributed by atoms with Gasteiger partial charge >= 0.3 is 5.97 Å².